The number of halogens is 1. The first-order valence-electron chi connectivity index (χ1n) is 7.10. The van der Waals surface area contributed by atoms with Gasteiger partial charge in [-0.3, -0.25) is 0 Å². The predicted octanol–water partition coefficient (Wildman–Crippen LogP) is 5.58. The van der Waals surface area contributed by atoms with Gasteiger partial charge in [-0.25, -0.2) is 4.79 Å². The fourth-order valence-electron chi connectivity index (χ4n) is 3.29. The van der Waals surface area contributed by atoms with Crippen LogP contribution in [0.1, 0.15) is 60.0 Å². The topological polar surface area (TPSA) is 37.3 Å². The molecule has 20 heavy (non-hydrogen) atoms. The van der Waals surface area contributed by atoms with Crippen molar-refractivity contribution in [1.29, 1.82) is 0 Å². The molecular weight excluding hydrogens is 336 g/mol. The van der Waals surface area contributed by atoms with Gasteiger partial charge < -0.3 is 5.11 Å². The van der Waals surface area contributed by atoms with Crippen LogP contribution in [0.4, 0.5) is 0 Å². The molecule has 0 radical (unpaired) electrons. The van der Waals surface area contributed by atoms with Crippen molar-refractivity contribution in [2.45, 2.75) is 44.9 Å². The van der Waals surface area contributed by atoms with Crippen LogP contribution in [0.3, 0.4) is 0 Å². The average Bonchev–Trinajstić information content (AvgIpc) is 3.03. The molecule has 3 rings (SSSR count). The van der Waals surface area contributed by atoms with Gasteiger partial charge in [0.2, 0.25) is 0 Å². The van der Waals surface area contributed by atoms with Crippen LogP contribution in [0, 0.1) is 0 Å². The number of hydrogen-bond acceptors (Lipinski definition) is 2. The lowest BCUT2D eigenvalue weighted by Crippen LogP contribution is -1.99. The van der Waals surface area contributed by atoms with Crippen molar-refractivity contribution in [3.8, 4) is 0 Å². The number of rotatable bonds is 3. The zero-order chi connectivity index (χ0) is 14.3. The average molecular weight is 353 g/mol. The number of carbonyl (C=O) groups is 1. The third kappa shape index (κ3) is 2.29. The summed E-state index contributed by atoms with van der Waals surface area (Å²) in [4.78, 5) is 11.3. The van der Waals surface area contributed by atoms with Crippen LogP contribution in [0.5, 0.6) is 0 Å². The highest BCUT2D eigenvalue weighted by atomic mass is 79.9. The molecule has 2 nitrogen and oxygen atoms in total. The molecule has 106 valence electrons. The Kier molecular flexibility index (Phi) is 3.87. The van der Waals surface area contributed by atoms with Gasteiger partial charge >= 0.3 is 5.97 Å². The quantitative estimate of drug-likeness (QED) is 0.782. The zero-order valence-electron chi connectivity index (χ0n) is 11.4. The lowest BCUT2D eigenvalue weighted by Gasteiger charge is -2.12. The second-order valence-electron chi connectivity index (χ2n) is 5.44. The highest BCUT2D eigenvalue weighted by molar-refractivity contribution is 9.11. The highest BCUT2D eigenvalue weighted by Crippen LogP contribution is 2.47. The molecule has 0 unspecified atom stereocenters. The standard InChI is InChI=1S/C16H17BrO2S/c1-2-9-7-11(16(18)19)8-12-13(9)14(15(17)20-12)10-5-3-4-6-10/h7-8,10H,2-6H2,1H3,(H,18,19). The maximum absolute atomic E-state index is 11.3. The molecular formula is C16H17BrO2S. The molecule has 1 aromatic carbocycles. The fraction of sp³-hybridized carbons (Fsp3) is 0.438. The van der Waals surface area contributed by atoms with Gasteiger partial charge in [0.15, 0.2) is 0 Å². The number of thiophene rings is 1. The number of benzene rings is 1. The Labute approximate surface area is 130 Å². The second kappa shape index (κ2) is 5.49. The Morgan fingerprint density at radius 3 is 2.70 bits per heavy atom. The number of carboxylic acid groups (broad SMARTS) is 1. The normalized spacial score (nSPS) is 16.1. The molecule has 0 bridgehead atoms. The van der Waals surface area contributed by atoms with E-state index < -0.39 is 5.97 Å². The Balaban J connectivity index is 2.25. The maximum atomic E-state index is 11.3. The van der Waals surface area contributed by atoms with Crippen LogP contribution in [0.2, 0.25) is 0 Å². The van der Waals surface area contributed by atoms with Crippen LogP contribution < -0.4 is 0 Å². The van der Waals surface area contributed by atoms with E-state index in [0.29, 0.717) is 11.5 Å². The Hall–Kier alpha value is -0.870. The van der Waals surface area contributed by atoms with Gasteiger partial charge in [-0.1, -0.05) is 19.8 Å². The number of aromatic carboxylic acids is 1. The minimum absolute atomic E-state index is 0.404. The van der Waals surface area contributed by atoms with Crippen molar-refractivity contribution >= 4 is 43.3 Å². The lowest BCUT2D eigenvalue weighted by molar-refractivity contribution is 0.0697. The highest BCUT2D eigenvalue weighted by Gasteiger charge is 2.25. The minimum atomic E-state index is -0.839. The molecule has 1 aliphatic rings. The van der Waals surface area contributed by atoms with Crippen molar-refractivity contribution in [3.63, 3.8) is 0 Å². The minimum Gasteiger partial charge on any atom is -0.478 e. The summed E-state index contributed by atoms with van der Waals surface area (Å²) in [5.74, 6) is -0.201. The molecule has 0 atom stereocenters. The zero-order valence-corrected chi connectivity index (χ0v) is 13.8. The molecule has 2 aromatic rings. The van der Waals surface area contributed by atoms with Crippen LogP contribution in [0.15, 0.2) is 15.9 Å². The summed E-state index contributed by atoms with van der Waals surface area (Å²) >= 11 is 5.40. The van der Waals surface area contributed by atoms with Gasteiger partial charge in [-0.15, -0.1) is 11.3 Å². The molecule has 1 saturated carbocycles. The van der Waals surface area contributed by atoms with E-state index >= 15 is 0 Å². The first-order valence-corrected chi connectivity index (χ1v) is 8.70. The van der Waals surface area contributed by atoms with Crippen molar-refractivity contribution in [2.24, 2.45) is 0 Å². The third-order valence-electron chi connectivity index (χ3n) is 4.26. The summed E-state index contributed by atoms with van der Waals surface area (Å²) in [6.45, 7) is 2.10. The van der Waals surface area contributed by atoms with Gasteiger partial charge in [-0.05, 0) is 64.4 Å². The Morgan fingerprint density at radius 2 is 2.10 bits per heavy atom. The van der Waals surface area contributed by atoms with E-state index in [2.05, 4.69) is 22.9 Å². The lowest BCUT2D eigenvalue weighted by atomic mass is 9.93. The van der Waals surface area contributed by atoms with Crippen LogP contribution >= 0.6 is 27.3 Å². The second-order valence-corrected chi connectivity index (χ2v) is 7.81. The molecule has 0 amide bonds. The van der Waals surface area contributed by atoms with Crippen molar-refractivity contribution in [3.05, 3.63) is 32.6 Å². The summed E-state index contributed by atoms with van der Waals surface area (Å²) in [5, 5.41) is 10.6. The Bertz CT molecular complexity index is 669. The van der Waals surface area contributed by atoms with Crippen LogP contribution in [0.25, 0.3) is 10.1 Å². The molecule has 0 aliphatic heterocycles. The van der Waals surface area contributed by atoms with E-state index in [1.165, 1.54) is 46.0 Å². The molecule has 4 heteroatoms. The molecule has 1 heterocycles. The molecule has 1 N–H and O–H groups in total. The summed E-state index contributed by atoms with van der Waals surface area (Å²) in [7, 11) is 0. The summed E-state index contributed by atoms with van der Waals surface area (Å²) in [6.07, 6.45) is 6.01. The summed E-state index contributed by atoms with van der Waals surface area (Å²) in [5.41, 5.74) is 3.00. The van der Waals surface area contributed by atoms with E-state index in [1.54, 1.807) is 11.3 Å². The van der Waals surface area contributed by atoms with Gasteiger partial charge in [0.25, 0.3) is 0 Å². The largest absolute Gasteiger partial charge is 0.478 e. The van der Waals surface area contributed by atoms with Crippen LogP contribution in [-0.4, -0.2) is 11.1 Å². The van der Waals surface area contributed by atoms with Gasteiger partial charge in [0.1, 0.15) is 0 Å². The molecule has 1 fully saturated rings. The molecule has 0 saturated heterocycles. The summed E-state index contributed by atoms with van der Waals surface area (Å²) in [6, 6.07) is 3.67. The monoisotopic (exact) mass is 352 g/mol. The number of carboxylic acids is 1. The van der Waals surface area contributed by atoms with Crippen LogP contribution in [-0.2, 0) is 6.42 Å². The smallest absolute Gasteiger partial charge is 0.335 e. The van der Waals surface area contributed by atoms with E-state index in [0.717, 1.165) is 11.1 Å². The first kappa shape index (κ1) is 14.1. The van der Waals surface area contributed by atoms with E-state index in [-0.39, 0.29) is 0 Å². The van der Waals surface area contributed by atoms with E-state index in [9.17, 15) is 9.90 Å². The SMILES string of the molecule is CCc1cc(C(=O)O)cc2sc(Br)c(C3CCCC3)c12. The van der Waals surface area contributed by atoms with E-state index in [1.807, 2.05) is 12.1 Å². The van der Waals surface area contributed by atoms with E-state index in [4.69, 9.17) is 0 Å². The fourth-order valence-corrected chi connectivity index (χ4v) is 5.44. The van der Waals surface area contributed by atoms with Crippen molar-refractivity contribution < 1.29 is 9.90 Å². The number of aryl methyl sites for hydroxylation is 1. The molecule has 1 aromatic heterocycles. The van der Waals surface area contributed by atoms with Gasteiger partial charge in [0, 0.05) is 10.1 Å². The number of hydrogen-bond donors (Lipinski definition) is 1. The summed E-state index contributed by atoms with van der Waals surface area (Å²) < 4.78 is 2.30. The van der Waals surface area contributed by atoms with Gasteiger partial charge in [-0.2, -0.15) is 0 Å². The molecule has 1 aliphatic carbocycles. The first-order chi connectivity index (χ1) is 9.61. The van der Waals surface area contributed by atoms with Crippen molar-refractivity contribution in [1.82, 2.24) is 0 Å². The maximum Gasteiger partial charge on any atom is 0.335 e. The Morgan fingerprint density at radius 1 is 1.40 bits per heavy atom. The molecule has 0 spiro atoms. The number of fused-ring (bicyclic) bond motifs is 1. The predicted molar refractivity (Wildman–Crippen MR) is 87.1 cm³/mol. The third-order valence-corrected chi connectivity index (χ3v) is 6.11. The van der Waals surface area contributed by atoms with Gasteiger partial charge in [0.05, 0.1) is 9.35 Å². The van der Waals surface area contributed by atoms with Crippen molar-refractivity contribution in [2.75, 3.05) is 0 Å².